The first-order valence-corrected chi connectivity index (χ1v) is 7.09. The van der Waals surface area contributed by atoms with Crippen LogP contribution < -0.4 is 11.1 Å². The van der Waals surface area contributed by atoms with E-state index in [1.54, 1.807) is 0 Å². The molecule has 6 heteroatoms. The first-order valence-electron chi connectivity index (χ1n) is 7.09. The molecule has 0 spiro atoms. The highest BCUT2D eigenvalue weighted by molar-refractivity contribution is 5.81. The SMILES string of the molecule is CC(C)(C)c1ccc(C2=C(C#N)C(N)n3ncnc3N2)cc1. The van der Waals surface area contributed by atoms with Crippen molar-refractivity contribution in [1.29, 1.82) is 5.26 Å². The van der Waals surface area contributed by atoms with Gasteiger partial charge in [0.25, 0.3) is 0 Å². The van der Waals surface area contributed by atoms with Crippen LogP contribution in [0.4, 0.5) is 5.95 Å². The maximum Gasteiger partial charge on any atom is 0.227 e. The van der Waals surface area contributed by atoms with Gasteiger partial charge in [-0.2, -0.15) is 15.3 Å². The van der Waals surface area contributed by atoms with E-state index in [4.69, 9.17) is 5.73 Å². The van der Waals surface area contributed by atoms with Crippen molar-refractivity contribution in [3.63, 3.8) is 0 Å². The fourth-order valence-corrected chi connectivity index (χ4v) is 2.48. The minimum absolute atomic E-state index is 0.0849. The summed E-state index contributed by atoms with van der Waals surface area (Å²) in [6, 6.07) is 10.3. The Hall–Kier alpha value is -2.65. The molecule has 1 atom stereocenters. The normalized spacial score (nSPS) is 17.7. The van der Waals surface area contributed by atoms with Gasteiger partial charge in [-0.3, -0.25) is 0 Å². The van der Waals surface area contributed by atoms with Gasteiger partial charge in [-0.15, -0.1) is 0 Å². The van der Waals surface area contributed by atoms with Crippen molar-refractivity contribution in [1.82, 2.24) is 14.8 Å². The summed E-state index contributed by atoms with van der Waals surface area (Å²) in [7, 11) is 0. The van der Waals surface area contributed by atoms with Crippen LogP contribution in [0.3, 0.4) is 0 Å². The summed E-state index contributed by atoms with van der Waals surface area (Å²) in [5.41, 5.74) is 9.48. The van der Waals surface area contributed by atoms with Crippen molar-refractivity contribution in [2.24, 2.45) is 5.73 Å². The zero-order chi connectivity index (χ0) is 15.9. The molecule has 0 radical (unpaired) electrons. The first-order chi connectivity index (χ1) is 10.4. The Balaban J connectivity index is 2.05. The number of aromatic nitrogens is 3. The molecule has 1 aliphatic heterocycles. The van der Waals surface area contributed by atoms with Gasteiger partial charge in [0.1, 0.15) is 18.6 Å². The second-order valence-corrected chi connectivity index (χ2v) is 6.33. The Labute approximate surface area is 129 Å². The second kappa shape index (κ2) is 4.97. The van der Waals surface area contributed by atoms with Gasteiger partial charge in [-0.05, 0) is 16.5 Å². The molecule has 1 aliphatic rings. The van der Waals surface area contributed by atoms with Crippen LogP contribution in [0.15, 0.2) is 36.2 Å². The molecule has 0 bridgehead atoms. The van der Waals surface area contributed by atoms with Crippen LogP contribution in [-0.4, -0.2) is 14.8 Å². The smallest absolute Gasteiger partial charge is 0.227 e. The van der Waals surface area contributed by atoms with Gasteiger partial charge in [0.15, 0.2) is 0 Å². The summed E-state index contributed by atoms with van der Waals surface area (Å²) in [5, 5.41) is 16.6. The van der Waals surface area contributed by atoms with Gasteiger partial charge < -0.3 is 11.1 Å². The third-order valence-corrected chi connectivity index (χ3v) is 3.80. The average Bonchev–Trinajstić information content (AvgIpc) is 2.95. The Morgan fingerprint density at radius 3 is 2.55 bits per heavy atom. The molecule has 6 nitrogen and oxygen atoms in total. The van der Waals surface area contributed by atoms with Crippen molar-refractivity contribution < 1.29 is 0 Å². The standard InChI is InChI=1S/C16H18N6/c1-16(2,3)11-6-4-10(5-7-11)13-12(8-17)14(18)22-15(21-13)19-9-20-22/h4-7,9,14H,18H2,1-3H3,(H,19,20,21). The molecule has 0 amide bonds. The van der Waals surface area contributed by atoms with Crippen molar-refractivity contribution in [3.05, 3.63) is 47.3 Å². The summed E-state index contributed by atoms with van der Waals surface area (Å²) >= 11 is 0. The molecule has 2 heterocycles. The Bertz CT molecular complexity index is 770. The minimum atomic E-state index is -0.624. The fraction of sp³-hybridized carbons (Fsp3) is 0.312. The number of anilines is 1. The number of hydrogen-bond acceptors (Lipinski definition) is 5. The number of fused-ring (bicyclic) bond motifs is 1. The van der Waals surface area contributed by atoms with Gasteiger partial charge in [-0.1, -0.05) is 45.0 Å². The maximum atomic E-state index is 9.45. The molecule has 1 aromatic heterocycles. The lowest BCUT2D eigenvalue weighted by molar-refractivity contribution is 0.542. The lowest BCUT2D eigenvalue weighted by Crippen LogP contribution is -2.29. The molecule has 1 unspecified atom stereocenters. The third-order valence-electron chi connectivity index (χ3n) is 3.80. The zero-order valence-corrected chi connectivity index (χ0v) is 12.8. The number of nitrogens with zero attached hydrogens (tertiary/aromatic N) is 4. The molecule has 3 rings (SSSR count). The van der Waals surface area contributed by atoms with Crippen LogP contribution in [0.2, 0.25) is 0 Å². The lowest BCUT2D eigenvalue weighted by Gasteiger charge is -2.25. The molecule has 0 fully saturated rings. The van der Waals surface area contributed by atoms with E-state index in [1.807, 2.05) is 12.1 Å². The Morgan fingerprint density at radius 2 is 1.95 bits per heavy atom. The number of rotatable bonds is 1. The topological polar surface area (TPSA) is 92.5 Å². The monoisotopic (exact) mass is 294 g/mol. The molecule has 0 aliphatic carbocycles. The second-order valence-electron chi connectivity index (χ2n) is 6.33. The summed E-state index contributed by atoms with van der Waals surface area (Å²) in [4.78, 5) is 4.13. The van der Waals surface area contributed by atoms with Crippen LogP contribution in [0.5, 0.6) is 0 Å². The molecule has 3 N–H and O–H groups in total. The van der Waals surface area contributed by atoms with E-state index in [-0.39, 0.29) is 5.41 Å². The van der Waals surface area contributed by atoms with Crippen molar-refractivity contribution in [2.45, 2.75) is 32.4 Å². The molecule has 0 saturated carbocycles. The van der Waals surface area contributed by atoms with Gasteiger partial charge >= 0.3 is 0 Å². The van der Waals surface area contributed by atoms with Gasteiger partial charge in [0.05, 0.1) is 11.3 Å². The first kappa shape index (κ1) is 14.3. The number of benzene rings is 1. The van der Waals surface area contributed by atoms with E-state index >= 15 is 0 Å². The van der Waals surface area contributed by atoms with E-state index in [9.17, 15) is 5.26 Å². The number of hydrogen-bond donors (Lipinski definition) is 2. The number of nitrogens with one attached hydrogen (secondary N) is 1. The van der Waals surface area contributed by atoms with E-state index in [0.717, 1.165) is 5.56 Å². The van der Waals surface area contributed by atoms with Crippen molar-refractivity contribution in [3.8, 4) is 6.07 Å². The molecule has 1 aromatic carbocycles. The van der Waals surface area contributed by atoms with Crippen molar-refractivity contribution in [2.75, 3.05) is 5.32 Å². The number of nitriles is 1. The molecular formula is C16H18N6. The van der Waals surface area contributed by atoms with Crippen LogP contribution in [-0.2, 0) is 5.41 Å². The highest BCUT2D eigenvalue weighted by Crippen LogP contribution is 2.32. The third kappa shape index (κ3) is 2.26. The van der Waals surface area contributed by atoms with E-state index in [0.29, 0.717) is 17.2 Å². The minimum Gasteiger partial charge on any atom is -0.323 e. The van der Waals surface area contributed by atoms with Gasteiger partial charge in [0.2, 0.25) is 5.95 Å². The summed E-state index contributed by atoms with van der Waals surface area (Å²) in [6.45, 7) is 6.50. The Kier molecular flexibility index (Phi) is 3.23. The molecule has 2 aromatic rings. The molecule has 0 saturated heterocycles. The Morgan fingerprint density at radius 1 is 1.27 bits per heavy atom. The highest BCUT2D eigenvalue weighted by Gasteiger charge is 2.27. The summed E-state index contributed by atoms with van der Waals surface area (Å²) < 4.78 is 1.51. The highest BCUT2D eigenvalue weighted by atomic mass is 15.4. The average molecular weight is 294 g/mol. The van der Waals surface area contributed by atoms with Crippen LogP contribution >= 0.6 is 0 Å². The van der Waals surface area contributed by atoms with Crippen molar-refractivity contribution >= 4 is 11.6 Å². The fourth-order valence-electron chi connectivity index (χ4n) is 2.48. The molecular weight excluding hydrogens is 276 g/mol. The van der Waals surface area contributed by atoms with E-state index < -0.39 is 6.17 Å². The molecule has 22 heavy (non-hydrogen) atoms. The van der Waals surface area contributed by atoms with E-state index in [1.165, 1.54) is 16.6 Å². The van der Waals surface area contributed by atoms with Gasteiger partial charge in [0, 0.05) is 0 Å². The van der Waals surface area contributed by atoms with Crippen LogP contribution in [0.1, 0.15) is 38.1 Å². The predicted molar refractivity (Wildman–Crippen MR) is 84.5 cm³/mol. The van der Waals surface area contributed by atoms with E-state index in [2.05, 4.69) is 54.4 Å². The zero-order valence-electron chi connectivity index (χ0n) is 12.8. The quantitative estimate of drug-likeness (QED) is 0.842. The van der Waals surface area contributed by atoms with Crippen LogP contribution in [0, 0.1) is 11.3 Å². The summed E-state index contributed by atoms with van der Waals surface area (Å²) in [6.07, 6.45) is 0.795. The maximum absolute atomic E-state index is 9.45. The predicted octanol–water partition coefficient (Wildman–Crippen LogP) is 2.39. The lowest BCUT2D eigenvalue weighted by atomic mass is 9.86. The largest absolute Gasteiger partial charge is 0.323 e. The van der Waals surface area contributed by atoms with Gasteiger partial charge in [-0.25, -0.2) is 4.68 Å². The summed E-state index contributed by atoms with van der Waals surface area (Å²) in [5.74, 6) is 0.543. The number of nitrogens with two attached hydrogens (primary N) is 1. The molecule has 112 valence electrons. The van der Waals surface area contributed by atoms with Crippen LogP contribution in [0.25, 0.3) is 5.70 Å².